The topological polar surface area (TPSA) is 75.7 Å². The summed E-state index contributed by atoms with van der Waals surface area (Å²) in [4.78, 5) is 15.3. The summed E-state index contributed by atoms with van der Waals surface area (Å²) in [6, 6.07) is 14.7. The fourth-order valence-electron chi connectivity index (χ4n) is 2.39. The van der Waals surface area contributed by atoms with Crippen molar-refractivity contribution in [2.75, 3.05) is 13.7 Å². The molecule has 132 valence electrons. The van der Waals surface area contributed by atoms with Crippen LogP contribution in [-0.4, -0.2) is 30.8 Å². The van der Waals surface area contributed by atoms with E-state index < -0.39 is 0 Å². The highest BCUT2D eigenvalue weighted by atomic mass is 16.5. The van der Waals surface area contributed by atoms with Gasteiger partial charge in [0.2, 0.25) is 0 Å². The summed E-state index contributed by atoms with van der Waals surface area (Å²) in [6.07, 6.45) is 3.26. The molecule has 0 bridgehead atoms. The third-order valence-corrected chi connectivity index (χ3v) is 3.70. The van der Waals surface area contributed by atoms with Crippen molar-refractivity contribution in [3.8, 4) is 11.5 Å². The van der Waals surface area contributed by atoms with E-state index in [1.807, 2.05) is 42.5 Å². The Hall–Kier alpha value is -3.54. The van der Waals surface area contributed by atoms with Gasteiger partial charge in [0.15, 0.2) is 0 Å². The molecule has 2 aromatic carbocycles. The summed E-state index contributed by atoms with van der Waals surface area (Å²) in [5.74, 6) is 1.16. The lowest BCUT2D eigenvalue weighted by atomic mass is 10.2. The molecule has 1 amide bonds. The monoisotopic (exact) mass is 349 g/mol. The van der Waals surface area contributed by atoms with Gasteiger partial charge in [-0.1, -0.05) is 12.7 Å². The zero-order valence-corrected chi connectivity index (χ0v) is 14.4. The lowest BCUT2D eigenvalue weighted by Gasteiger charge is -2.02. The van der Waals surface area contributed by atoms with Crippen LogP contribution in [0.15, 0.2) is 66.3 Å². The summed E-state index contributed by atoms with van der Waals surface area (Å²) in [5.41, 5.74) is 4.61. The average molecular weight is 349 g/mol. The molecule has 1 heterocycles. The Morgan fingerprint density at radius 1 is 1.19 bits per heavy atom. The van der Waals surface area contributed by atoms with E-state index in [1.165, 1.54) is 0 Å². The van der Waals surface area contributed by atoms with E-state index in [9.17, 15) is 4.79 Å². The van der Waals surface area contributed by atoms with Crippen molar-refractivity contribution in [2.24, 2.45) is 5.10 Å². The Balaban J connectivity index is 1.62. The van der Waals surface area contributed by atoms with E-state index in [0.29, 0.717) is 12.3 Å². The van der Waals surface area contributed by atoms with Crippen LogP contribution in [0.25, 0.3) is 10.9 Å². The van der Waals surface area contributed by atoms with E-state index in [-0.39, 0.29) is 5.91 Å². The largest absolute Gasteiger partial charge is 0.497 e. The molecule has 0 unspecified atom stereocenters. The molecule has 0 aliphatic carbocycles. The van der Waals surface area contributed by atoms with Crippen molar-refractivity contribution in [2.45, 2.75) is 0 Å². The summed E-state index contributed by atoms with van der Waals surface area (Å²) >= 11 is 0. The molecule has 0 fully saturated rings. The predicted molar refractivity (Wildman–Crippen MR) is 102 cm³/mol. The number of methoxy groups -OCH3 is 1. The van der Waals surface area contributed by atoms with Crippen LogP contribution in [0.1, 0.15) is 16.1 Å². The molecule has 2 N–H and O–H groups in total. The van der Waals surface area contributed by atoms with Crippen LogP contribution in [0.4, 0.5) is 0 Å². The van der Waals surface area contributed by atoms with Crippen molar-refractivity contribution < 1.29 is 14.3 Å². The number of ether oxygens (including phenoxy) is 2. The summed E-state index contributed by atoms with van der Waals surface area (Å²) in [6.45, 7) is 4.06. The number of nitrogens with zero attached hydrogens (tertiary/aromatic N) is 1. The Kier molecular flexibility index (Phi) is 5.34. The number of amides is 1. The fraction of sp³-hybridized carbons (Fsp3) is 0.100. The number of carbonyl (C=O) groups is 1. The standard InChI is InChI=1S/C20H19N3O3/c1-3-10-26-16-7-4-14(5-8-16)13-21-23-20(24)19-11-15-6-9-17(25-2)12-18(15)22-19/h3-9,11-13,22H,1,10H2,2H3,(H,23,24)/b21-13+. The second-order valence-corrected chi connectivity index (χ2v) is 5.50. The van der Waals surface area contributed by atoms with Gasteiger partial charge < -0.3 is 14.5 Å². The molecule has 6 nitrogen and oxygen atoms in total. The first-order valence-electron chi connectivity index (χ1n) is 8.03. The second-order valence-electron chi connectivity index (χ2n) is 5.50. The maximum atomic E-state index is 12.2. The van der Waals surface area contributed by atoms with Gasteiger partial charge in [0.25, 0.3) is 5.91 Å². The van der Waals surface area contributed by atoms with Crippen LogP contribution < -0.4 is 14.9 Å². The highest BCUT2D eigenvalue weighted by molar-refractivity contribution is 5.98. The van der Waals surface area contributed by atoms with E-state index in [1.54, 1.807) is 25.5 Å². The van der Waals surface area contributed by atoms with Gasteiger partial charge >= 0.3 is 0 Å². The zero-order valence-electron chi connectivity index (χ0n) is 14.4. The number of hydrogen-bond acceptors (Lipinski definition) is 4. The van der Waals surface area contributed by atoms with Crippen LogP contribution >= 0.6 is 0 Å². The number of H-pyrrole nitrogens is 1. The Labute approximate surface area is 151 Å². The Bertz CT molecular complexity index is 943. The molecule has 26 heavy (non-hydrogen) atoms. The predicted octanol–water partition coefficient (Wildman–Crippen LogP) is 3.51. The summed E-state index contributed by atoms with van der Waals surface area (Å²) < 4.78 is 10.6. The molecule has 3 rings (SSSR count). The number of hydrogen-bond donors (Lipinski definition) is 2. The number of benzene rings is 2. The first-order valence-corrected chi connectivity index (χ1v) is 8.03. The number of rotatable bonds is 7. The number of aromatic amines is 1. The van der Waals surface area contributed by atoms with Gasteiger partial charge in [-0.2, -0.15) is 5.10 Å². The molecule has 0 atom stereocenters. The van der Waals surface area contributed by atoms with E-state index in [2.05, 4.69) is 22.1 Å². The maximum Gasteiger partial charge on any atom is 0.287 e. The van der Waals surface area contributed by atoms with Crippen LogP contribution in [0, 0.1) is 0 Å². The van der Waals surface area contributed by atoms with Crippen LogP contribution in [-0.2, 0) is 0 Å². The first kappa shape index (κ1) is 17.3. The van der Waals surface area contributed by atoms with Gasteiger partial charge in [0, 0.05) is 17.0 Å². The number of carbonyl (C=O) groups excluding carboxylic acids is 1. The van der Waals surface area contributed by atoms with E-state index >= 15 is 0 Å². The maximum absolute atomic E-state index is 12.2. The molecule has 0 saturated heterocycles. The number of hydrazone groups is 1. The number of nitrogens with one attached hydrogen (secondary N) is 2. The van der Waals surface area contributed by atoms with Crippen molar-refractivity contribution in [1.29, 1.82) is 0 Å². The van der Waals surface area contributed by atoms with Crippen molar-refractivity contribution in [1.82, 2.24) is 10.4 Å². The van der Waals surface area contributed by atoms with Crippen LogP contribution in [0.3, 0.4) is 0 Å². The Morgan fingerprint density at radius 3 is 2.69 bits per heavy atom. The van der Waals surface area contributed by atoms with Gasteiger partial charge in [-0.3, -0.25) is 4.79 Å². The highest BCUT2D eigenvalue weighted by Gasteiger charge is 2.09. The minimum Gasteiger partial charge on any atom is -0.497 e. The molecule has 1 aromatic heterocycles. The number of fused-ring (bicyclic) bond motifs is 1. The SMILES string of the molecule is C=CCOc1ccc(/C=N/NC(=O)c2cc3ccc(OC)cc3[nH]2)cc1. The third kappa shape index (κ3) is 4.10. The molecule has 0 radical (unpaired) electrons. The smallest absolute Gasteiger partial charge is 0.287 e. The molecule has 0 aliphatic rings. The number of aromatic nitrogens is 1. The zero-order chi connectivity index (χ0) is 18.4. The molecule has 0 spiro atoms. The first-order chi connectivity index (χ1) is 12.7. The van der Waals surface area contributed by atoms with Crippen molar-refractivity contribution >= 4 is 23.0 Å². The average Bonchev–Trinajstić information content (AvgIpc) is 3.10. The molecule has 6 heteroatoms. The molecular weight excluding hydrogens is 330 g/mol. The minimum atomic E-state index is -0.317. The highest BCUT2D eigenvalue weighted by Crippen LogP contribution is 2.21. The second kappa shape index (κ2) is 8.02. The lowest BCUT2D eigenvalue weighted by Crippen LogP contribution is -2.17. The van der Waals surface area contributed by atoms with E-state index in [0.717, 1.165) is 28.0 Å². The van der Waals surface area contributed by atoms with Crippen LogP contribution in [0.5, 0.6) is 11.5 Å². The van der Waals surface area contributed by atoms with Gasteiger partial charge in [-0.15, -0.1) is 0 Å². The third-order valence-electron chi connectivity index (χ3n) is 3.70. The Morgan fingerprint density at radius 2 is 1.96 bits per heavy atom. The summed E-state index contributed by atoms with van der Waals surface area (Å²) in [7, 11) is 1.60. The molecule has 0 aliphatic heterocycles. The van der Waals surface area contributed by atoms with Gasteiger partial charge in [-0.25, -0.2) is 5.43 Å². The van der Waals surface area contributed by atoms with Gasteiger partial charge in [-0.05, 0) is 48.0 Å². The molecular formula is C20H19N3O3. The molecule has 3 aromatic rings. The van der Waals surface area contributed by atoms with Gasteiger partial charge in [0.05, 0.1) is 13.3 Å². The quantitative estimate of drug-likeness (QED) is 0.389. The minimum absolute atomic E-state index is 0.317. The fourth-order valence-corrected chi connectivity index (χ4v) is 2.39. The lowest BCUT2D eigenvalue weighted by molar-refractivity contribution is 0.0951. The molecule has 0 saturated carbocycles. The van der Waals surface area contributed by atoms with Gasteiger partial charge in [0.1, 0.15) is 23.8 Å². The van der Waals surface area contributed by atoms with Crippen LogP contribution in [0.2, 0.25) is 0 Å². The normalized spacial score (nSPS) is 10.8. The van der Waals surface area contributed by atoms with E-state index in [4.69, 9.17) is 9.47 Å². The van der Waals surface area contributed by atoms with Crippen molar-refractivity contribution in [3.05, 3.63) is 72.4 Å². The summed E-state index contributed by atoms with van der Waals surface area (Å²) in [5, 5.41) is 4.91. The van der Waals surface area contributed by atoms with Crippen molar-refractivity contribution in [3.63, 3.8) is 0 Å².